The average Bonchev–Trinajstić information content (AvgIpc) is 2.69. The Morgan fingerprint density at radius 2 is 1.45 bits per heavy atom. The van der Waals surface area contributed by atoms with Gasteiger partial charge in [-0.3, -0.25) is 14.9 Å². The molecule has 0 atom stereocenters. The van der Waals surface area contributed by atoms with Gasteiger partial charge in [-0.2, -0.15) is 0 Å². The third-order valence-corrected chi connectivity index (χ3v) is 3.11. The highest BCUT2D eigenvalue weighted by Crippen LogP contribution is 2.25. The Labute approximate surface area is 114 Å². The average molecular weight is 268 g/mol. The number of nitrogens with two attached hydrogens (primary N) is 2. The quantitative estimate of drug-likeness (QED) is 0.487. The molecule has 1 heterocycles. The van der Waals surface area contributed by atoms with Gasteiger partial charge in [-0.25, -0.2) is 0 Å². The lowest BCUT2D eigenvalue weighted by atomic mass is 10.1. The topological polar surface area (TPSA) is 110 Å². The zero-order chi connectivity index (χ0) is 14.3. The van der Waals surface area contributed by atoms with Gasteiger partial charge in [-0.1, -0.05) is 0 Å². The minimum atomic E-state index is -0.384. The van der Waals surface area contributed by atoms with Gasteiger partial charge in [-0.15, -0.1) is 0 Å². The number of rotatable bonds is 2. The number of nitrogen functional groups attached to an aromatic ring is 2. The van der Waals surface area contributed by atoms with E-state index in [0.717, 1.165) is 5.69 Å². The van der Waals surface area contributed by atoms with E-state index in [1.165, 1.54) is 0 Å². The van der Waals surface area contributed by atoms with E-state index in [0.29, 0.717) is 28.2 Å². The van der Waals surface area contributed by atoms with Crippen LogP contribution in [0.1, 0.15) is 20.7 Å². The fourth-order valence-corrected chi connectivity index (χ4v) is 2.06. The van der Waals surface area contributed by atoms with Crippen molar-refractivity contribution in [2.45, 2.75) is 0 Å². The summed E-state index contributed by atoms with van der Waals surface area (Å²) in [5.41, 5.74) is 14.6. The summed E-state index contributed by atoms with van der Waals surface area (Å²) in [4.78, 5) is 23.0. The van der Waals surface area contributed by atoms with Crippen molar-refractivity contribution >= 4 is 34.6 Å². The van der Waals surface area contributed by atoms with Crippen molar-refractivity contribution in [1.29, 1.82) is 0 Å². The van der Waals surface area contributed by atoms with Gasteiger partial charge in [-0.05, 0) is 36.4 Å². The van der Waals surface area contributed by atoms with E-state index in [2.05, 4.69) is 10.6 Å². The number of hydrogen-bond acceptors (Lipinski definition) is 5. The molecule has 0 unspecified atom stereocenters. The summed E-state index contributed by atoms with van der Waals surface area (Å²) in [6.45, 7) is 0. The van der Waals surface area contributed by atoms with Crippen molar-refractivity contribution < 1.29 is 9.59 Å². The molecule has 6 heteroatoms. The van der Waals surface area contributed by atoms with E-state index in [4.69, 9.17) is 11.5 Å². The van der Waals surface area contributed by atoms with Gasteiger partial charge in [0.05, 0.1) is 22.5 Å². The summed E-state index contributed by atoms with van der Waals surface area (Å²) in [5, 5.41) is 5.36. The Bertz CT molecular complexity index is 740. The number of hydrogen-bond donors (Lipinski definition) is 4. The van der Waals surface area contributed by atoms with E-state index in [1.54, 1.807) is 36.4 Å². The smallest absolute Gasteiger partial charge is 0.259 e. The second-order valence-electron chi connectivity index (χ2n) is 4.51. The molecule has 2 amide bonds. The van der Waals surface area contributed by atoms with Crippen LogP contribution in [0.2, 0.25) is 0 Å². The Hall–Kier alpha value is -3.02. The minimum absolute atomic E-state index is 0.364. The van der Waals surface area contributed by atoms with E-state index in [1.807, 2.05) is 0 Å². The van der Waals surface area contributed by atoms with Crippen LogP contribution in [0.25, 0.3) is 0 Å². The summed E-state index contributed by atoms with van der Waals surface area (Å²) < 4.78 is 0. The van der Waals surface area contributed by atoms with Gasteiger partial charge < -0.3 is 16.8 Å². The van der Waals surface area contributed by atoms with Crippen molar-refractivity contribution in [2.75, 3.05) is 16.8 Å². The molecular formula is C14H12N4O2. The normalized spacial score (nSPS) is 13.0. The van der Waals surface area contributed by atoms with Crippen molar-refractivity contribution in [1.82, 2.24) is 5.32 Å². The number of carbonyl (C=O) groups excluding carboxylic acids is 2. The number of anilines is 4. The van der Waals surface area contributed by atoms with Crippen LogP contribution in [0.3, 0.4) is 0 Å². The molecule has 6 N–H and O–H groups in total. The summed E-state index contributed by atoms with van der Waals surface area (Å²) in [6, 6.07) is 10.1. The Kier molecular flexibility index (Phi) is 2.57. The SMILES string of the molecule is Nc1ccc(Nc2ccc3c(c2)C(=O)NC3=O)cc1N. The van der Waals surface area contributed by atoms with Gasteiger partial charge in [0, 0.05) is 11.4 Å². The van der Waals surface area contributed by atoms with Gasteiger partial charge in [0.15, 0.2) is 0 Å². The number of fused-ring (bicyclic) bond motifs is 1. The molecule has 3 rings (SSSR count). The molecule has 0 radical (unpaired) electrons. The first-order valence-electron chi connectivity index (χ1n) is 5.96. The van der Waals surface area contributed by atoms with E-state index in [-0.39, 0.29) is 11.8 Å². The molecule has 100 valence electrons. The van der Waals surface area contributed by atoms with Crippen LogP contribution in [0.15, 0.2) is 36.4 Å². The molecule has 2 aromatic carbocycles. The molecule has 0 fully saturated rings. The predicted molar refractivity (Wildman–Crippen MR) is 76.8 cm³/mol. The highest BCUT2D eigenvalue weighted by Gasteiger charge is 2.26. The molecule has 1 aliphatic heterocycles. The highest BCUT2D eigenvalue weighted by atomic mass is 16.2. The van der Waals surface area contributed by atoms with Gasteiger partial charge in [0.25, 0.3) is 11.8 Å². The third-order valence-electron chi connectivity index (χ3n) is 3.11. The number of carbonyl (C=O) groups is 2. The lowest BCUT2D eigenvalue weighted by Gasteiger charge is -2.09. The zero-order valence-corrected chi connectivity index (χ0v) is 10.4. The van der Waals surface area contributed by atoms with Crippen molar-refractivity contribution in [3.8, 4) is 0 Å². The number of benzene rings is 2. The van der Waals surface area contributed by atoms with Crippen LogP contribution in [0.5, 0.6) is 0 Å². The zero-order valence-electron chi connectivity index (χ0n) is 10.4. The molecule has 0 aliphatic carbocycles. The molecule has 1 aliphatic rings. The van der Waals surface area contributed by atoms with E-state index < -0.39 is 0 Å². The van der Waals surface area contributed by atoms with Crippen LogP contribution in [0, 0.1) is 0 Å². The molecule has 0 aromatic heterocycles. The Morgan fingerprint density at radius 3 is 2.20 bits per heavy atom. The molecule has 20 heavy (non-hydrogen) atoms. The maximum atomic E-state index is 11.6. The third kappa shape index (κ3) is 1.93. The number of amides is 2. The lowest BCUT2D eigenvalue weighted by molar-refractivity contribution is 0.0879. The first-order valence-corrected chi connectivity index (χ1v) is 5.96. The monoisotopic (exact) mass is 268 g/mol. The summed E-state index contributed by atoms with van der Waals surface area (Å²) in [5.74, 6) is -0.751. The van der Waals surface area contributed by atoms with Crippen LogP contribution < -0.4 is 22.1 Å². The summed E-state index contributed by atoms with van der Waals surface area (Å²) in [7, 11) is 0. The predicted octanol–water partition coefficient (Wildman–Crippen LogP) is 1.48. The lowest BCUT2D eigenvalue weighted by Crippen LogP contribution is -2.19. The van der Waals surface area contributed by atoms with Crippen molar-refractivity contribution in [3.05, 3.63) is 47.5 Å². The molecule has 0 saturated carbocycles. The van der Waals surface area contributed by atoms with Crippen LogP contribution >= 0.6 is 0 Å². The largest absolute Gasteiger partial charge is 0.397 e. The maximum absolute atomic E-state index is 11.6. The van der Waals surface area contributed by atoms with Gasteiger partial charge in [0.1, 0.15) is 0 Å². The molecule has 6 nitrogen and oxygen atoms in total. The molecule has 0 saturated heterocycles. The van der Waals surface area contributed by atoms with E-state index in [9.17, 15) is 9.59 Å². The Morgan fingerprint density at radius 1 is 0.800 bits per heavy atom. The minimum Gasteiger partial charge on any atom is -0.397 e. The Balaban J connectivity index is 1.92. The number of nitrogens with one attached hydrogen (secondary N) is 2. The number of imide groups is 1. The van der Waals surface area contributed by atoms with E-state index >= 15 is 0 Å². The fourth-order valence-electron chi connectivity index (χ4n) is 2.06. The van der Waals surface area contributed by atoms with Crippen molar-refractivity contribution in [2.24, 2.45) is 0 Å². The summed E-state index contributed by atoms with van der Waals surface area (Å²) in [6.07, 6.45) is 0. The highest BCUT2D eigenvalue weighted by molar-refractivity contribution is 6.21. The van der Waals surface area contributed by atoms with Crippen LogP contribution in [-0.2, 0) is 0 Å². The first kappa shape index (κ1) is 12.0. The molecular weight excluding hydrogens is 256 g/mol. The second-order valence-corrected chi connectivity index (χ2v) is 4.51. The molecule has 0 spiro atoms. The molecule has 0 bridgehead atoms. The standard InChI is InChI=1S/C14H12N4O2/c15-11-4-2-8(6-12(11)16)17-7-1-3-9-10(5-7)14(20)18-13(9)19/h1-6,17H,15-16H2,(H,18,19,20). The summed E-state index contributed by atoms with van der Waals surface area (Å²) >= 11 is 0. The second kappa shape index (κ2) is 4.27. The fraction of sp³-hybridized carbons (Fsp3) is 0. The van der Waals surface area contributed by atoms with Crippen LogP contribution in [0.4, 0.5) is 22.7 Å². The maximum Gasteiger partial charge on any atom is 0.259 e. The first-order chi connectivity index (χ1) is 9.54. The van der Waals surface area contributed by atoms with Gasteiger partial charge >= 0.3 is 0 Å². The van der Waals surface area contributed by atoms with Crippen molar-refractivity contribution in [3.63, 3.8) is 0 Å². The van der Waals surface area contributed by atoms with Crippen LogP contribution in [-0.4, -0.2) is 11.8 Å². The van der Waals surface area contributed by atoms with Gasteiger partial charge in [0.2, 0.25) is 0 Å². The molecule has 2 aromatic rings.